The lowest BCUT2D eigenvalue weighted by Crippen LogP contribution is -2.14. The lowest BCUT2D eigenvalue weighted by molar-refractivity contribution is -0.384. The molecule has 2 rings (SSSR count). The van der Waals surface area contributed by atoms with E-state index in [-0.39, 0.29) is 11.6 Å². The fraction of sp³-hybridized carbons (Fsp3) is 0.0714. The first-order chi connectivity index (χ1) is 9.88. The van der Waals surface area contributed by atoms with E-state index in [2.05, 4.69) is 21.2 Å². The highest BCUT2D eigenvalue weighted by molar-refractivity contribution is 9.10. The quantitative estimate of drug-likeness (QED) is 0.503. The van der Waals surface area contributed by atoms with Crippen molar-refractivity contribution in [2.75, 3.05) is 11.1 Å². The molecular formula is C14H12BrN3O3. The summed E-state index contributed by atoms with van der Waals surface area (Å²) in [7, 11) is 0. The van der Waals surface area contributed by atoms with Gasteiger partial charge in [-0.15, -0.1) is 0 Å². The molecule has 1 amide bonds. The Morgan fingerprint density at radius 1 is 1.29 bits per heavy atom. The molecule has 0 aliphatic heterocycles. The molecule has 0 bridgehead atoms. The van der Waals surface area contributed by atoms with E-state index in [1.54, 1.807) is 25.1 Å². The molecule has 0 spiro atoms. The Hall–Kier alpha value is -2.41. The summed E-state index contributed by atoms with van der Waals surface area (Å²) >= 11 is 3.29. The van der Waals surface area contributed by atoms with Crippen LogP contribution in [0.5, 0.6) is 0 Å². The van der Waals surface area contributed by atoms with E-state index in [0.717, 1.165) is 0 Å². The maximum atomic E-state index is 12.2. The second-order valence-electron chi connectivity index (χ2n) is 4.45. The molecule has 7 heteroatoms. The van der Waals surface area contributed by atoms with Gasteiger partial charge >= 0.3 is 0 Å². The number of nitrogens with two attached hydrogens (primary N) is 1. The van der Waals surface area contributed by atoms with Gasteiger partial charge in [0.2, 0.25) is 0 Å². The molecule has 6 nitrogen and oxygen atoms in total. The second-order valence-corrected chi connectivity index (χ2v) is 5.30. The molecule has 0 heterocycles. The first-order valence-corrected chi connectivity index (χ1v) is 6.79. The van der Waals surface area contributed by atoms with E-state index in [4.69, 9.17) is 5.73 Å². The topological polar surface area (TPSA) is 98.3 Å². The van der Waals surface area contributed by atoms with E-state index in [1.807, 2.05) is 0 Å². The van der Waals surface area contributed by atoms with Gasteiger partial charge in [-0.3, -0.25) is 14.9 Å². The third-order valence-corrected chi connectivity index (χ3v) is 3.60. The van der Waals surface area contributed by atoms with Crippen molar-refractivity contribution >= 4 is 38.9 Å². The van der Waals surface area contributed by atoms with Gasteiger partial charge in [-0.2, -0.15) is 0 Å². The Labute approximate surface area is 129 Å². The van der Waals surface area contributed by atoms with Gasteiger partial charge in [0.15, 0.2) is 0 Å². The summed E-state index contributed by atoms with van der Waals surface area (Å²) in [4.78, 5) is 22.4. The number of hydrogen-bond donors (Lipinski definition) is 2. The van der Waals surface area contributed by atoms with Crippen LogP contribution in [0.25, 0.3) is 0 Å². The van der Waals surface area contributed by atoms with Crippen LogP contribution >= 0.6 is 15.9 Å². The molecule has 2 aromatic rings. The molecule has 0 aliphatic carbocycles. The normalized spacial score (nSPS) is 10.2. The largest absolute Gasteiger partial charge is 0.399 e. The Morgan fingerprint density at radius 3 is 2.62 bits per heavy atom. The Balaban J connectivity index is 2.27. The van der Waals surface area contributed by atoms with E-state index < -0.39 is 4.92 Å². The summed E-state index contributed by atoms with van der Waals surface area (Å²) in [6, 6.07) is 9.18. The van der Waals surface area contributed by atoms with Crippen molar-refractivity contribution < 1.29 is 9.72 Å². The predicted molar refractivity (Wildman–Crippen MR) is 84.3 cm³/mol. The van der Waals surface area contributed by atoms with Crippen LogP contribution in [0.4, 0.5) is 17.1 Å². The van der Waals surface area contributed by atoms with E-state index in [0.29, 0.717) is 27.0 Å². The molecule has 0 saturated heterocycles. The first kappa shape index (κ1) is 15.0. The highest BCUT2D eigenvalue weighted by atomic mass is 79.9. The van der Waals surface area contributed by atoms with Gasteiger partial charge in [0.25, 0.3) is 11.6 Å². The average molecular weight is 350 g/mol. The van der Waals surface area contributed by atoms with Crippen LogP contribution in [0.1, 0.15) is 15.9 Å². The van der Waals surface area contributed by atoms with Crippen molar-refractivity contribution in [3.63, 3.8) is 0 Å². The first-order valence-electron chi connectivity index (χ1n) is 6.00. The van der Waals surface area contributed by atoms with Crippen molar-refractivity contribution in [1.29, 1.82) is 0 Å². The molecule has 108 valence electrons. The average Bonchev–Trinajstić information content (AvgIpc) is 2.43. The number of carbonyl (C=O) groups is 1. The molecule has 0 unspecified atom stereocenters. The summed E-state index contributed by atoms with van der Waals surface area (Å²) in [5, 5.41) is 13.4. The SMILES string of the molecule is Cc1cc([N+](=O)[O-])ccc1NC(=O)c1cc(N)ccc1Br. The minimum absolute atomic E-state index is 0.0179. The summed E-state index contributed by atoms with van der Waals surface area (Å²) in [5.74, 6) is -0.342. The number of hydrogen-bond acceptors (Lipinski definition) is 4. The number of aryl methyl sites for hydroxylation is 1. The van der Waals surface area contributed by atoms with Crippen LogP contribution in [0, 0.1) is 17.0 Å². The molecule has 0 fully saturated rings. The lowest BCUT2D eigenvalue weighted by Gasteiger charge is -2.10. The van der Waals surface area contributed by atoms with Crippen molar-refractivity contribution in [3.05, 3.63) is 62.1 Å². The standard InChI is InChI=1S/C14H12BrN3O3/c1-8-6-10(18(20)21)3-5-13(8)17-14(19)11-7-9(16)2-4-12(11)15/h2-7H,16H2,1H3,(H,17,19). The zero-order valence-corrected chi connectivity index (χ0v) is 12.7. The number of amides is 1. The number of nitro groups is 1. The van der Waals surface area contributed by atoms with Gasteiger partial charge in [0, 0.05) is 28.0 Å². The second kappa shape index (κ2) is 5.92. The van der Waals surface area contributed by atoms with Gasteiger partial charge in [-0.05, 0) is 52.7 Å². The molecule has 0 aromatic heterocycles. The third kappa shape index (κ3) is 3.38. The summed E-state index contributed by atoms with van der Waals surface area (Å²) in [6.45, 7) is 1.69. The minimum atomic E-state index is -0.479. The van der Waals surface area contributed by atoms with Crippen LogP contribution in [-0.4, -0.2) is 10.8 Å². The summed E-state index contributed by atoms with van der Waals surface area (Å²) in [6.07, 6.45) is 0. The van der Waals surface area contributed by atoms with Crippen molar-refractivity contribution in [2.45, 2.75) is 6.92 Å². The molecule has 0 saturated carbocycles. The highest BCUT2D eigenvalue weighted by Gasteiger charge is 2.13. The van der Waals surface area contributed by atoms with Gasteiger partial charge < -0.3 is 11.1 Å². The van der Waals surface area contributed by atoms with Crippen molar-refractivity contribution in [3.8, 4) is 0 Å². The number of anilines is 2. The molecule has 0 atom stereocenters. The van der Waals surface area contributed by atoms with E-state index >= 15 is 0 Å². The Kier molecular flexibility index (Phi) is 4.23. The minimum Gasteiger partial charge on any atom is -0.399 e. The third-order valence-electron chi connectivity index (χ3n) is 2.90. The predicted octanol–water partition coefficient (Wildman–Crippen LogP) is 3.50. The van der Waals surface area contributed by atoms with Gasteiger partial charge in [0.05, 0.1) is 10.5 Å². The zero-order valence-electron chi connectivity index (χ0n) is 11.1. The molecule has 2 aromatic carbocycles. The summed E-state index contributed by atoms with van der Waals surface area (Å²) in [5.41, 5.74) is 7.64. The van der Waals surface area contributed by atoms with Crippen LogP contribution < -0.4 is 11.1 Å². The maximum absolute atomic E-state index is 12.2. The van der Waals surface area contributed by atoms with Crippen LogP contribution in [0.2, 0.25) is 0 Å². The van der Waals surface area contributed by atoms with Gasteiger partial charge in [-0.25, -0.2) is 0 Å². The number of carbonyl (C=O) groups excluding carboxylic acids is 1. The van der Waals surface area contributed by atoms with Crippen LogP contribution in [0.3, 0.4) is 0 Å². The lowest BCUT2D eigenvalue weighted by atomic mass is 10.1. The number of benzene rings is 2. The number of nitrogens with one attached hydrogen (secondary N) is 1. The number of nitrogens with zero attached hydrogens (tertiary/aromatic N) is 1. The number of nitro benzene ring substituents is 1. The van der Waals surface area contributed by atoms with Gasteiger partial charge in [-0.1, -0.05) is 0 Å². The monoisotopic (exact) mass is 349 g/mol. The molecule has 0 radical (unpaired) electrons. The molecular weight excluding hydrogens is 338 g/mol. The highest BCUT2D eigenvalue weighted by Crippen LogP contribution is 2.24. The van der Waals surface area contributed by atoms with E-state index in [9.17, 15) is 14.9 Å². The fourth-order valence-electron chi connectivity index (χ4n) is 1.81. The number of rotatable bonds is 3. The summed E-state index contributed by atoms with van der Waals surface area (Å²) < 4.78 is 0.619. The number of halogens is 1. The van der Waals surface area contributed by atoms with Gasteiger partial charge in [0.1, 0.15) is 0 Å². The molecule has 3 N–H and O–H groups in total. The van der Waals surface area contributed by atoms with E-state index in [1.165, 1.54) is 18.2 Å². The van der Waals surface area contributed by atoms with Crippen LogP contribution in [-0.2, 0) is 0 Å². The fourth-order valence-corrected chi connectivity index (χ4v) is 2.23. The number of nitrogen functional groups attached to an aromatic ring is 1. The smallest absolute Gasteiger partial charge is 0.269 e. The maximum Gasteiger partial charge on any atom is 0.269 e. The molecule has 0 aliphatic rings. The zero-order chi connectivity index (χ0) is 15.6. The number of non-ortho nitro benzene ring substituents is 1. The molecule has 21 heavy (non-hydrogen) atoms. The van der Waals surface area contributed by atoms with Crippen LogP contribution in [0.15, 0.2) is 40.9 Å². The van der Waals surface area contributed by atoms with Crippen molar-refractivity contribution in [2.24, 2.45) is 0 Å². The Bertz CT molecular complexity index is 731. The Morgan fingerprint density at radius 2 is 2.00 bits per heavy atom. The van der Waals surface area contributed by atoms with Crippen molar-refractivity contribution in [1.82, 2.24) is 0 Å².